The number of aryl methyl sites for hydroxylation is 3. The van der Waals surface area contributed by atoms with E-state index < -0.39 is 16.6 Å². The van der Waals surface area contributed by atoms with Crippen LogP contribution >= 0.6 is 36.7 Å². The second kappa shape index (κ2) is 30.8. The Hall–Kier alpha value is -7.42. The number of amides is 5. The minimum atomic E-state index is -0.752. The molecule has 6 heterocycles. The number of carbonyl (C=O) groups is 6. The molecule has 1 N–H and O–H groups in total. The van der Waals surface area contributed by atoms with Gasteiger partial charge in [0.1, 0.15) is 16.6 Å². The van der Waals surface area contributed by atoms with Crippen molar-refractivity contribution >= 4 is 122 Å². The molecule has 0 spiro atoms. The van der Waals surface area contributed by atoms with Gasteiger partial charge in [-0.15, -0.1) is 0 Å². The molecule has 0 aliphatic carbocycles. The molecule has 9 rings (SSSR count). The van der Waals surface area contributed by atoms with Crippen molar-refractivity contribution in [1.82, 2.24) is 29.8 Å². The molecule has 3 aromatic carbocycles. The van der Waals surface area contributed by atoms with Gasteiger partial charge in [-0.05, 0) is 221 Å². The molecular formula is C69H92N12O7S3. The SMILES string of the molecule is CC(C)COC=O.[C-]#[N+]c1ccc(N2C(=O)C(C)(C)N(C3CCN(C(=O)CC(C)C)CC3)C2=S)cc1C.[C-]#[N+]c1ccc(N2C(=O)C(C)(C)N(C3CCN(C(=O)CC(C)C)CC3)C2=S)cc1C.[C-]#[N+]c1ccc(N2C(=O)C(C)(C)N(C3CCNCC3)C2=S)cc1C. The molecule has 3 aromatic rings. The first-order valence-corrected chi connectivity index (χ1v) is 32.8. The number of rotatable bonds is 13. The molecule has 0 radical (unpaired) electrons. The molecule has 488 valence electrons. The molecule has 0 unspecified atom stereocenters. The molecule has 19 nitrogen and oxygen atoms in total. The molecule has 0 saturated carbocycles. The third-order valence-corrected chi connectivity index (χ3v) is 18.7. The Morgan fingerprint density at radius 1 is 0.527 bits per heavy atom. The van der Waals surface area contributed by atoms with E-state index in [1.54, 1.807) is 45.0 Å². The Balaban J connectivity index is 0.000000207. The van der Waals surface area contributed by atoms with Crippen LogP contribution in [-0.4, -0.2) is 156 Å². The van der Waals surface area contributed by atoms with Gasteiger partial charge < -0.3 is 34.6 Å². The average molecular weight is 1300 g/mol. The van der Waals surface area contributed by atoms with E-state index in [0.29, 0.717) is 114 Å². The lowest BCUT2D eigenvalue weighted by Gasteiger charge is -2.42. The number of likely N-dealkylation sites (tertiary alicyclic amines) is 2. The summed E-state index contributed by atoms with van der Waals surface area (Å²) in [6.45, 7) is 56.7. The normalized spacial score (nSPS) is 19.2. The fraction of sp³-hybridized carbons (Fsp3) is 0.565. The van der Waals surface area contributed by atoms with Gasteiger partial charge in [-0.2, -0.15) is 0 Å². The highest BCUT2D eigenvalue weighted by molar-refractivity contribution is 7.81. The van der Waals surface area contributed by atoms with E-state index in [0.717, 1.165) is 74.0 Å². The highest BCUT2D eigenvalue weighted by atomic mass is 32.1. The number of hydrogen-bond donors (Lipinski definition) is 1. The van der Waals surface area contributed by atoms with Gasteiger partial charge >= 0.3 is 0 Å². The maximum absolute atomic E-state index is 13.3. The lowest BCUT2D eigenvalue weighted by molar-refractivity contribution is -0.134. The zero-order valence-electron chi connectivity index (χ0n) is 55.8. The van der Waals surface area contributed by atoms with Gasteiger partial charge in [-0.25, -0.2) is 14.5 Å². The van der Waals surface area contributed by atoms with Crippen LogP contribution in [0.1, 0.15) is 151 Å². The number of benzene rings is 3. The van der Waals surface area contributed by atoms with Crippen molar-refractivity contribution in [2.24, 2.45) is 17.8 Å². The van der Waals surface area contributed by atoms with Gasteiger partial charge in [0.25, 0.3) is 24.2 Å². The standard InChI is InChI=1S/2C23H30N4O2S.C18H22N4OS.C5H10O2/c2*1-15(2)13-20(28)25-11-9-17(10-12-25)27-22(30)26(21(29)23(27,4)5)18-7-8-19(24-6)16(3)14-18;1-12-11-14(5-6-15(12)19-4)21-16(23)18(2,3)22(17(21)24)13-7-9-20-10-8-13;1-5(2)3-7-4-6/h2*7-8,14-15,17H,9-13H2,1-5H3;5-6,11,13,20H,7-10H2,1-3H3;4-5H,3H2,1-2H3. The summed E-state index contributed by atoms with van der Waals surface area (Å²) in [5.41, 5.74) is 4.27. The number of thiocarbonyl (C=S) groups is 3. The molecule has 91 heavy (non-hydrogen) atoms. The molecule has 6 aliphatic heterocycles. The van der Waals surface area contributed by atoms with Crippen LogP contribution in [0.5, 0.6) is 0 Å². The van der Waals surface area contributed by atoms with Crippen molar-refractivity contribution in [3.63, 3.8) is 0 Å². The number of ether oxygens (including phenoxy) is 1. The van der Waals surface area contributed by atoms with Crippen LogP contribution in [0.3, 0.4) is 0 Å². The van der Waals surface area contributed by atoms with E-state index in [-0.39, 0.29) is 47.7 Å². The number of piperidine rings is 3. The molecular weight excluding hydrogens is 1210 g/mol. The van der Waals surface area contributed by atoms with Crippen LogP contribution in [0.4, 0.5) is 34.1 Å². The Morgan fingerprint density at radius 3 is 1.04 bits per heavy atom. The maximum atomic E-state index is 13.3. The van der Waals surface area contributed by atoms with E-state index in [2.05, 4.69) is 67.0 Å². The third kappa shape index (κ3) is 16.3. The summed E-state index contributed by atoms with van der Waals surface area (Å²) in [4.78, 5) is 99.5. The summed E-state index contributed by atoms with van der Waals surface area (Å²) in [6.07, 6.45) is 6.30. The molecule has 6 aliphatic rings. The third-order valence-electron chi connectivity index (χ3n) is 17.6. The van der Waals surface area contributed by atoms with Gasteiger partial charge in [-0.3, -0.25) is 43.5 Å². The van der Waals surface area contributed by atoms with E-state index in [4.69, 9.17) is 56.4 Å². The van der Waals surface area contributed by atoms with Crippen molar-refractivity contribution in [3.8, 4) is 0 Å². The summed E-state index contributed by atoms with van der Waals surface area (Å²) < 4.78 is 4.41. The highest BCUT2D eigenvalue weighted by Crippen LogP contribution is 2.41. The quantitative estimate of drug-likeness (QED) is 0.0977. The predicted octanol–water partition coefficient (Wildman–Crippen LogP) is 12.4. The van der Waals surface area contributed by atoms with Crippen LogP contribution < -0.4 is 20.0 Å². The first-order chi connectivity index (χ1) is 42.8. The van der Waals surface area contributed by atoms with Crippen molar-refractivity contribution in [2.45, 2.75) is 190 Å². The van der Waals surface area contributed by atoms with Crippen LogP contribution in [0, 0.1) is 58.2 Å². The molecule has 22 heteroatoms. The molecule has 0 atom stereocenters. The van der Waals surface area contributed by atoms with Gasteiger partial charge in [0.15, 0.2) is 32.4 Å². The topological polar surface area (TPSA) is 163 Å². The Bertz CT molecular complexity index is 3230. The molecule has 0 bridgehead atoms. The molecule has 6 fully saturated rings. The number of nitrogens with one attached hydrogen (secondary N) is 1. The number of hydrogen-bond acceptors (Lipinski definition) is 11. The summed E-state index contributed by atoms with van der Waals surface area (Å²) in [5.74, 6) is 1.46. The van der Waals surface area contributed by atoms with Crippen molar-refractivity contribution in [1.29, 1.82) is 0 Å². The minimum Gasteiger partial charge on any atom is -0.468 e. The molecule has 5 amide bonds. The summed E-state index contributed by atoms with van der Waals surface area (Å²) >= 11 is 17.3. The van der Waals surface area contributed by atoms with E-state index in [9.17, 15) is 28.8 Å². The monoisotopic (exact) mass is 1300 g/mol. The fourth-order valence-corrected chi connectivity index (χ4v) is 14.4. The van der Waals surface area contributed by atoms with Gasteiger partial charge in [0, 0.05) is 74.2 Å². The Morgan fingerprint density at radius 2 is 0.813 bits per heavy atom. The maximum Gasteiger partial charge on any atom is 0.293 e. The predicted molar refractivity (Wildman–Crippen MR) is 371 cm³/mol. The van der Waals surface area contributed by atoms with Crippen molar-refractivity contribution < 1.29 is 33.5 Å². The minimum absolute atomic E-state index is 0.000921. The zero-order valence-corrected chi connectivity index (χ0v) is 58.3. The molecule has 0 aromatic heterocycles. The van der Waals surface area contributed by atoms with E-state index in [1.807, 2.05) is 110 Å². The Labute approximate surface area is 556 Å². The second-order valence-corrected chi connectivity index (χ2v) is 28.1. The first kappa shape index (κ1) is 72.6. The second-order valence-electron chi connectivity index (χ2n) is 27.0. The highest BCUT2D eigenvalue weighted by Gasteiger charge is 2.55. The van der Waals surface area contributed by atoms with Gasteiger partial charge in [0.05, 0.1) is 26.3 Å². The van der Waals surface area contributed by atoms with Gasteiger partial charge in [0.2, 0.25) is 11.8 Å². The lowest BCUT2D eigenvalue weighted by atomic mass is 9.96. The Kier molecular flexibility index (Phi) is 24.6. The average Bonchev–Trinajstić information content (AvgIpc) is 1.61. The summed E-state index contributed by atoms with van der Waals surface area (Å²) in [6, 6.07) is 16.7. The number of nitrogens with zero attached hydrogens (tertiary/aromatic N) is 11. The van der Waals surface area contributed by atoms with E-state index in [1.165, 1.54) is 0 Å². The van der Waals surface area contributed by atoms with Crippen LogP contribution in [0.25, 0.3) is 14.5 Å². The van der Waals surface area contributed by atoms with Crippen LogP contribution in [-0.2, 0) is 33.5 Å². The van der Waals surface area contributed by atoms with Crippen LogP contribution in [0.2, 0.25) is 0 Å². The number of carbonyl (C=O) groups excluding carboxylic acids is 6. The largest absolute Gasteiger partial charge is 0.468 e. The summed E-state index contributed by atoms with van der Waals surface area (Å²) in [7, 11) is 0. The number of anilines is 3. The van der Waals surface area contributed by atoms with Crippen molar-refractivity contribution in [3.05, 3.63) is 106 Å². The fourth-order valence-electron chi connectivity index (χ4n) is 12.7. The first-order valence-electron chi connectivity index (χ1n) is 31.6. The van der Waals surface area contributed by atoms with E-state index >= 15 is 0 Å². The van der Waals surface area contributed by atoms with Gasteiger partial charge in [-0.1, -0.05) is 59.7 Å². The van der Waals surface area contributed by atoms with Crippen molar-refractivity contribution in [2.75, 3.05) is 60.6 Å². The lowest BCUT2D eigenvalue weighted by Crippen LogP contribution is -2.54. The zero-order chi connectivity index (χ0) is 67.6. The van der Waals surface area contributed by atoms with Crippen LogP contribution in [0.15, 0.2) is 54.6 Å². The smallest absolute Gasteiger partial charge is 0.293 e. The summed E-state index contributed by atoms with van der Waals surface area (Å²) in [5, 5.41) is 4.95. The molecule has 6 saturated heterocycles.